The molecule has 3 heteroatoms. The van der Waals surface area contributed by atoms with E-state index in [1.807, 2.05) is 36.7 Å². The Labute approximate surface area is 167 Å². The second kappa shape index (κ2) is 5.82. The molecule has 0 atom stereocenters. The van der Waals surface area contributed by atoms with Crippen molar-refractivity contribution >= 4 is 43.9 Å². The molecule has 6 aromatic rings. The van der Waals surface area contributed by atoms with Gasteiger partial charge >= 0.3 is 0 Å². The lowest BCUT2D eigenvalue weighted by Crippen LogP contribution is -1.97. The summed E-state index contributed by atoms with van der Waals surface area (Å²) in [6.07, 6.45) is 3.87. The molecule has 2 nitrogen and oxygen atoms in total. The van der Waals surface area contributed by atoms with Gasteiger partial charge in [-0.1, -0.05) is 72.3 Å². The molecule has 0 aliphatic carbocycles. The van der Waals surface area contributed by atoms with Crippen molar-refractivity contribution in [2.24, 2.45) is 0 Å². The Kier molecular flexibility index (Phi) is 3.26. The molecule has 1 heterocycles. The zero-order chi connectivity index (χ0) is 18.7. The maximum atomic E-state index is 6.47. The standard InChI is InChI=1S/C25H15ClN2/c26-22-11-9-16-6-7-18-14-20(15-19-8-10-21(22)24(16)23(18)19)28-13-12-27-25(28)17-4-2-1-3-5-17/h1-15H. The average molecular weight is 379 g/mol. The first-order valence-corrected chi connectivity index (χ1v) is 9.63. The molecule has 1 aromatic heterocycles. The van der Waals surface area contributed by atoms with Gasteiger partial charge in [-0.05, 0) is 45.1 Å². The van der Waals surface area contributed by atoms with Crippen molar-refractivity contribution in [2.45, 2.75) is 0 Å². The van der Waals surface area contributed by atoms with Crippen molar-refractivity contribution in [1.29, 1.82) is 0 Å². The van der Waals surface area contributed by atoms with Gasteiger partial charge in [0.2, 0.25) is 0 Å². The van der Waals surface area contributed by atoms with Gasteiger partial charge in [0.1, 0.15) is 5.82 Å². The van der Waals surface area contributed by atoms with Gasteiger partial charge < -0.3 is 0 Å². The first-order valence-electron chi connectivity index (χ1n) is 9.26. The summed E-state index contributed by atoms with van der Waals surface area (Å²) in [6, 6.07) is 27.5. The van der Waals surface area contributed by atoms with Crippen molar-refractivity contribution < 1.29 is 0 Å². The number of hydrogen-bond acceptors (Lipinski definition) is 1. The lowest BCUT2D eigenvalue weighted by Gasteiger charge is -2.15. The van der Waals surface area contributed by atoms with Crippen molar-refractivity contribution in [3.63, 3.8) is 0 Å². The van der Waals surface area contributed by atoms with Crippen molar-refractivity contribution in [1.82, 2.24) is 9.55 Å². The van der Waals surface area contributed by atoms with Crippen LogP contribution in [0.2, 0.25) is 5.02 Å². The fraction of sp³-hybridized carbons (Fsp3) is 0. The lowest BCUT2D eigenvalue weighted by atomic mass is 9.94. The second-order valence-electron chi connectivity index (χ2n) is 7.08. The van der Waals surface area contributed by atoms with Gasteiger partial charge in [0, 0.05) is 34.1 Å². The third-order valence-electron chi connectivity index (χ3n) is 5.48. The van der Waals surface area contributed by atoms with Gasteiger partial charge in [-0.15, -0.1) is 0 Å². The first-order chi connectivity index (χ1) is 13.8. The number of aromatic nitrogens is 2. The van der Waals surface area contributed by atoms with Gasteiger partial charge in [-0.3, -0.25) is 4.57 Å². The number of rotatable bonds is 2. The molecular formula is C25H15ClN2. The minimum atomic E-state index is 0.798. The summed E-state index contributed by atoms with van der Waals surface area (Å²) in [5.41, 5.74) is 2.21. The van der Waals surface area contributed by atoms with Gasteiger partial charge in [0.15, 0.2) is 0 Å². The molecule has 0 amide bonds. The zero-order valence-electron chi connectivity index (χ0n) is 14.9. The second-order valence-corrected chi connectivity index (χ2v) is 7.49. The summed E-state index contributed by atoms with van der Waals surface area (Å²) in [5, 5.41) is 8.05. The summed E-state index contributed by atoms with van der Waals surface area (Å²) < 4.78 is 2.15. The molecule has 6 rings (SSSR count). The van der Waals surface area contributed by atoms with Crippen LogP contribution in [0.5, 0.6) is 0 Å². The van der Waals surface area contributed by atoms with Gasteiger partial charge in [-0.25, -0.2) is 4.98 Å². The van der Waals surface area contributed by atoms with Crippen LogP contribution in [0.1, 0.15) is 0 Å². The summed E-state index contributed by atoms with van der Waals surface area (Å²) in [6.45, 7) is 0. The van der Waals surface area contributed by atoms with E-state index in [9.17, 15) is 0 Å². The third-order valence-corrected chi connectivity index (χ3v) is 5.81. The van der Waals surface area contributed by atoms with E-state index in [1.165, 1.54) is 26.9 Å². The third kappa shape index (κ3) is 2.19. The van der Waals surface area contributed by atoms with Gasteiger partial charge in [-0.2, -0.15) is 0 Å². The molecule has 0 spiro atoms. The number of halogens is 1. The van der Waals surface area contributed by atoms with E-state index in [4.69, 9.17) is 11.6 Å². The molecule has 0 bridgehead atoms. The smallest absolute Gasteiger partial charge is 0.144 e. The molecule has 0 fully saturated rings. The fourth-order valence-electron chi connectivity index (χ4n) is 4.22. The SMILES string of the molecule is Clc1ccc2ccc3cc(-n4ccnc4-c4ccccc4)cc4ccc1c2c34. The molecule has 0 aliphatic rings. The minimum absolute atomic E-state index is 0.798. The summed E-state index contributed by atoms with van der Waals surface area (Å²) in [7, 11) is 0. The average Bonchev–Trinajstić information content (AvgIpc) is 3.23. The summed E-state index contributed by atoms with van der Waals surface area (Å²) in [4.78, 5) is 4.60. The molecule has 0 aliphatic heterocycles. The Morgan fingerprint density at radius 2 is 1.43 bits per heavy atom. The monoisotopic (exact) mass is 378 g/mol. The number of nitrogens with zero attached hydrogens (tertiary/aromatic N) is 2. The number of benzene rings is 5. The van der Waals surface area contributed by atoms with Crippen LogP contribution in [-0.4, -0.2) is 9.55 Å². The molecule has 0 radical (unpaired) electrons. The van der Waals surface area contributed by atoms with Crippen molar-refractivity contribution in [3.05, 3.63) is 96.3 Å². The quantitative estimate of drug-likeness (QED) is 0.294. The highest BCUT2D eigenvalue weighted by molar-refractivity contribution is 6.38. The van der Waals surface area contributed by atoms with Crippen molar-refractivity contribution in [2.75, 3.05) is 0 Å². The highest BCUT2D eigenvalue weighted by atomic mass is 35.5. The minimum Gasteiger partial charge on any atom is -0.300 e. The van der Waals surface area contributed by atoms with E-state index in [-0.39, 0.29) is 0 Å². The molecule has 0 saturated carbocycles. The van der Waals surface area contributed by atoms with Crippen LogP contribution in [0, 0.1) is 0 Å². The topological polar surface area (TPSA) is 17.8 Å². The number of imidazole rings is 1. The van der Waals surface area contributed by atoms with E-state index in [1.54, 1.807) is 0 Å². The Hall–Kier alpha value is -3.36. The van der Waals surface area contributed by atoms with Gasteiger partial charge in [0.25, 0.3) is 0 Å². The van der Waals surface area contributed by atoms with E-state index in [0.29, 0.717) is 0 Å². The Balaban J connectivity index is 1.66. The highest BCUT2D eigenvalue weighted by Gasteiger charge is 2.13. The summed E-state index contributed by atoms with van der Waals surface area (Å²) >= 11 is 6.47. The summed E-state index contributed by atoms with van der Waals surface area (Å²) in [5.74, 6) is 0.941. The van der Waals surface area contributed by atoms with Crippen LogP contribution in [0.15, 0.2) is 91.3 Å². The molecular weight excluding hydrogens is 364 g/mol. The van der Waals surface area contributed by atoms with Crippen LogP contribution in [0.4, 0.5) is 0 Å². The fourth-order valence-corrected chi connectivity index (χ4v) is 4.44. The number of hydrogen-bond donors (Lipinski definition) is 0. The van der Waals surface area contributed by atoms with E-state index < -0.39 is 0 Å². The predicted molar refractivity (Wildman–Crippen MR) is 118 cm³/mol. The van der Waals surface area contributed by atoms with Crippen LogP contribution >= 0.6 is 11.6 Å². The molecule has 0 unspecified atom stereocenters. The molecule has 5 aromatic carbocycles. The molecule has 0 saturated heterocycles. The van der Waals surface area contributed by atoms with E-state index in [2.05, 4.69) is 64.1 Å². The predicted octanol–water partition coefficient (Wildman–Crippen LogP) is 7.09. The first kappa shape index (κ1) is 15.7. The van der Waals surface area contributed by atoms with E-state index in [0.717, 1.165) is 27.5 Å². The van der Waals surface area contributed by atoms with Crippen LogP contribution in [0.25, 0.3) is 49.4 Å². The Morgan fingerprint density at radius 3 is 2.25 bits per heavy atom. The zero-order valence-corrected chi connectivity index (χ0v) is 15.7. The molecule has 0 N–H and O–H groups in total. The molecule has 28 heavy (non-hydrogen) atoms. The lowest BCUT2D eigenvalue weighted by molar-refractivity contribution is 1.07. The Morgan fingerprint density at radius 1 is 0.714 bits per heavy atom. The normalized spacial score (nSPS) is 11.8. The maximum Gasteiger partial charge on any atom is 0.144 e. The Bertz CT molecular complexity index is 1450. The van der Waals surface area contributed by atoms with Gasteiger partial charge in [0.05, 0.1) is 0 Å². The van der Waals surface area contributed by atoms with Crippen LogP contribution < -0.4 is 0 Å². The van der Waals surface area contributed by atoms with Crippen molar-refractivity contribution in [3.8, 4) is 17.1 Å². The highest BCUT2D eigenvalue weighted by Crippen LogP contribution is 2.38. The van der Waals surface area contributed by atoms with Crippen LogP contribution in [-0.2, 0) is 0 Å². The largest absolute Gasteiger partial charge is 0.300 e. The molecule has 132 valence electrons. The van der Waals surface area contributed by atoms with E-state index >= 15 is 0 Å². The van der Waals surface area contributed by atoms with Crippen LogP contribution in [0.3, 0.4) is 0 Å². The maximum absolute atomic E-state index is 6.47.